The highest BCUT2D eigenvalue weighted by atomic mass is 15.2. The molecule has 0 bridgehead atoms. The molecule has 148 valence electrons. The molecule has 29 heavy (non-hydrogen) atoms. The molecule has 0 amide bonds. The van der Waals surface area contributed by atoms with Gasteiger partial charge < -0.3 is 10.6 Å². The molecule has 0 aliphatic carbocycles. The van der Waals surface area contributed by atoms with Crippen LogP contribution in [0.4, 0.5) is 0 Å². The molecule has 0 spiro atoms. The third-order valence-corrected chi connectivity index (χ3v) is 5.12. The van der Waals surface area contributed by atoms with Crippen LogP contribution in [0.25, 0.3) is 16.4 Å². The number of rotatable bonds is 6. The standard InChI is InChI=1S/C23H26N6/c1-17(19-12-7-10-18-9-3-4-11-20(18)19)26-23(24-2)25-15-8-14-22-28-27-21-13-5-6-16-29(21)22/h3-7,9-13,16-17H,8,14-15H2,1-2H3,(H2,24,25,26). The molecule has 0 radical (unpaired) electrons. The van der Waals surface area contributed by atoms with Gasteiger partial charge >= 0.3 is 0 Å². The van der Waals surface area contributed by atoms with E-state index in [0.29, 0.717) is 0 Å². The Kier molecular flexibility index (Phi) is 5.70. The predicted molar refractivity (Wildman–Crippen MR) is 118 cm³/mol. The van der Waals surface area contributed by atoms with E-state index in [2.05, 4.69) is 75.2 Å². The summed E-state index contributed by atoms with van der Waals surface area (Å²) in [4.78, 5) is 4.38. The summed E-state index contributed by atoms with van der Waals surface area (Å²) in [6.45, 7) is 2.97. The number of aryl methyl sites for hydroxylation is 1. The van der Waals surface area contributed by atoms with Crippen molar-refractivity contribution < 1.29 is 0 Å². The monoisotopic (exact) mass is 386 g/mol. The number of nitrogens with zero attached hydrogens (tertiary/aromatic N) is 4. The molecule has 0 aliphatic rings. The van der Waals surface area contributed by atoms with Crippen molar-refractivity contribution in [3.05, 3.63) is 78.2 Å². The summed E-state index contributed by atoms with van der Waals surface area (Å²) in [5, 5.41) is 17.9. The second-order valence-corrected chi connectivity index (χ2v) is 7.08. The van der Waals surface area contributed by atoms with E-state index in [1.165, 1.54) is 16.3 Å². The molecule has 6 heteroatoms. The van der Waals surface area contributed by atoms with E-state index in [1.54, 1.807) is 7.05 Å². The SMILES string of the molecule is CN=C(NCCCc1nnc2ccccn12)NC(C)c1cccc2ccccc12. The Bertz CT molecular complexity index is 1130. The lowest BCUT2D eigenvalue weighted by atomic mass is 10.00. The molecule has 0 saturated carbocycles. The van der Waals surface area contributed by atoms with Gasteiger partial charge in [0.15, 0.2) is 11.6 Å². The lowest BCUT2D eigenvalue weighted by Crippen LogP contribution is -2.39. The van der Waals surface area contributed by atoms with Crippen LogP contribution in [0.2, 0.25) is 0 Å². The maximum atomic E-state index is 4.38. The first-order valence-corrected chi connectivity index (χ1v) is 10.00. The maximum absolute atomic E-state index is 4.38. The summed E-state index contributed by atoms with van der Waals surface area (Å²) in [6, 6.07) is 21.0. The van der Waals surface area contributed by atoms with Crippen LogP contribution in [0.1, 0.15) is 30.8 Å². The number of hydrogen-bond acceptors (Lipinski definition) is 3. The van der Waals surface area contributed by atoms with E-state index in [9.17, 15) is 0 Å². The maximum Gasteiger partial charge on any atom is 0.191 e. The topological polar surface area (TPSA) is 66.6 Å². The molecule has 0 fully saturated rings. The highest BCUT2D eigenvalue weighted by Gasteiger charge is 2.11. The molecule has 2 aromatic heterocycles. The van der Waals surface area contributed by atoms with Crippen LogP contribution in [-0.2, 0) is 6.42 Å². The van der Waals surface area contributed by atoms with Crippen LogP contribution in [0.15, 0.2) is 71.9 Å². The number of guanidine groups is 1. The lowest BCUT2D eigenvalue weighted by molar-refractivity contribution is 0.670. The number of benzene rings is 2. The van der Waals surface area contributed by atoms with E-state index in [-0.39, 0.29) is 6.04 Å². The lowest BCUT2D eigenvalue weighted by Gasteiger charge is -2.19. The molecular weight excluding hydrogens is 360 g/mol. The van der Waals surface area contributed by atoms with Crippen molar-refractivity contribution in [2.45, 2.75) is 25.8 Å². The number of pyridine rings is 1. The number of aliphatic imine (C=N–C) groups is 1. The highest BCUT2D eigenvalue weighted by molar-refractivity contribution is 5.87. The first-order valence-electron chi connectivity index (χ1n) is 10.00. The number of hydrogen-bond donors (Lipinski definition) is 2. The van der Waals surface area contributed by atoms with Crippen molar-refractivity contribution in [1.29, 1.82) is 0 Å². The second kappa shape index (κ2) is 8.73. The summed E-state index contributed by atoms with van der Waals surface area (Å²) in [5.41, 5.74) is 2.15. The summed E-state index contributed by atoms with van der Waals surface area (Å²) in [5.74, 6) is 1.78. The molecule has 0 aliphatic heterocycles. The number of nitrogens with one attached hydrogen (secondary N) is 2. The van der Waals surface area contributed by atoms with Crippen LogP contribution < -0.4 is 10.6 Å². The molecule has 4 aromatic rings. The summed E-state index contributed by atoms with van der Waals surface area (Å²) < 4.78 is 2.04. The van der Waals surface area contributed by atoms with Gasteiger partial charge in [0, 0.05) is 26.2 Å². The number of fused-ring (bicyclic) bond motifs is 2. The first-order chi connectivity index (χ1) is 14.3. The first kappa shape index (κ1) is 18.9. The molecular formula is C23H26N6. The summed E-state index contributed by atoms with van der Waals surface area (Å²) in [7, 11) is 1.80. The van der Waals surface area contributed by atoms with Gasteiger partial charge in [-0.25, -0.2) is 0 Å². The Labute approximate surface area is 170 Å². The van der Waals surface area contributed by atoms with Crippen LogP contribution in [0.5, 0.6) is 0 Å². The van der Waals surface area contributed by atoms with Crippen LogP contribution in [0, 0.1) is 0 Å². The van der Waals surface area contributed by atoms with Gasteiger partial charge in [0.1, 0.15) is 5.82 Å². The normalized spacial score (nSPS) is 13.0. The third kappa shape index (κ3) is 4.21. The third-order valence-electron chi connectivity index (χ3n) is 5.12. The Hall–Kier alpha value is -3.41. The van der Waals surface area contributed by atoms with Gasteiger partial charge in [-0.15, -0.1) is 10.2 Å². The fourth-order valence-corrected chi connectivity index (χ4v) is 3.62. The van der Waals surface area contributed by atoms with Gasteiger partial charge in [0.05, 0.1) is 6.04 Å². The zero-order valence-electron chi connectivity index (χ0n) is 16.8. The van der Waals surface area contributed by atoms with Crippen molar-refractivity contribution in [1.82, 2.24) is 25.2 Å². The summed E-state index contributed by atoms with van der Waals surface area (Å²) >= 11 is 0. The molecule has 4 rings (SSSR count). The largest absolute Gasteiger partial charge is 0.356 e. The molecule has 6 nitrogen and oxygen atoms in total. The van der Waals surface area contributed by atoms with Crippen molar-refractivity contribution in [3.8, 4) is 0 Å². The van der Waals surface area contributed by atoms with Gasteiger partial charge in [-0.05, 0) is 41.8 Å². The predicted octanol–water partition coefficient (Wildman–Crippen LogP) is 3.74. The van der Waals surface area contributed by atoms with Crippen LogP contribution in [-0.4, -0.2) is 34.2 Å². The molecule has 1 atom stereocenters. The quantitative estimate of drug-likeness (QED) is 0.301. The smallest absolute Gasteiger partial charge is 0.191 e. The van der Waals surface area contributed by atoms with E-state index in [0.717, 1.165) is 36.8 Å². The Morgan fingerprint density at radius 3 is 2.76 bits per heavy atom. The van der Waals surface area contributed by atoms with Crippen LogP contribution >= 0.6 is 0 Å². The van der Waals surface area contributed by atoms with Crippen LogP contribution in [0.3, 0.4) is 0 Å². The van der Waals surface area contributed by atoms with Crippen molar-refractivity contribution in [3.63, 3.8) is 0 Å². The van der Waals surface area contributed by atoms with Gasteiger partial charge in [-0.2, -0.15) is 0 Å². The Morgan fingerprint density at radius 1 is 1.03 bits per heavy atom. The van der Waals surface area contributed by atoms with Gasteiger partial charge in [0.2, 0.25) is 0 Å². The minimum absolute atomic E-state index is 0.146. The van der Waals surface area contributed by atoms with E-state index in [1.807, 2.05) is 28.8 Å². The zero-order valence-corrected chi connectivity index (χ0v) is 16.8. The molecule has 1 unspecified atom stereocenters. The van der Waals surface area contributed by atoms with Gasteiger partial charge in [-0.3, -0.25) is 9.39 Å². The van der Waals surface area contributed by atoms with Crippen molar-refractivity contribution in [2.24, 2.45) is 4.99 Å². The molecule has 2 aromatic carbocycles. The minimum Gasteiger partial charge on any atom is -0.356 e. The fraction of sp³-hybridized carbons (Fsp3) is 0.261. The van der Waals surface area contributed by atoms with E-state index < -0.39 is 0 Å². The highest BCUT2D eigenvalue weighted by Crippen LogP contribution is 2.23. The Balaban J connectivity index is 1.33. The van der Waals surface area contributed by atoms with E-state index >= 15 is 0 Å². The minimum atomic E-state index is 0.146. The molecule has 0 saturated heterocycles. The average Bonchev–Trinajstić information content (AvgIpc) is 3.18. The fourth-order valence-electron chi connectivity index (χ4n) is 3.62. The average molecular weight is 387 g/mol. The second-order valence-electron chi connectivity index (χ2n) is 7.08. The van der Waals surface area contributed by atoms with Crippen molar-refractivity contribution >= 4 is 22.4 Å². The van der Waals surface area contributed by atoms with Crippen molar-refractivity contribution in [2.75, 3.05) is 13.6 Å². The summed E-state index contributed by atoms with van der Waals surface area (Å²) in [6.07, 6.45) is 3.80. The number of aromatic nitrogens is 3. The molecule has 2 N–H and O–H groups in total. The van der Waals surface area contributed by atoms with Gasteiger partial charge in [0.25, 0.3) is 0 Å². The van der Waals surface area contributed by atoms with Gasteiger partial charge in [-0.1, -0.05) is 48.5 Å². The Morgan fingerprint density at radius 2 is 1.86 bits per heavy atom. The van der Waals surface area contributed by atoms with E-state index in [4.69, 9.17) is 0 Å². The molecule has 2 heterocycles. The zero-order chi connectivity index (χ0) is 20.1.